The predicted octanol–water partition coefficient (Wildman–Crippen LogP) is 11.0. The summed E-state index contributed by atoms with van der Waals surface area (Å²) in [7, 11) is 0. The number of carbonyl (C=O) groups is 2. The second-order valence-corrected chi connectivity index (χ2v) is 13.6. The molecule has 0 aromatic rings. The van der Waals surface area contributed by atoms with Crippen molar-refractivity contribution >= 4 is 11.9 Å². The fourth-order valence-electron chi connectivity index (χ4n) is 6.04. The molecule has 4 nitrogen and oxygen atoms in total. The molecule has 0 heterocycles. The van der Waals surface area contributed by atoms with Gasteiger partial charge in [-0.3, -0.25) is 9.59 Å². The lowest BCUT2D eigenvalue weighted by molar-refractivity contribution is -0.163. The molecule has 0 aromatic heterocycles. The van der Waals surface area contributed by atoms with Crippen LogP contribution in [0.3, 0.4) is 0 Å². The van der Waals surface area contributed by atoms with Gasteiger partial charge in [0, 0.05) is 0 Å². The lowest BCUT2D eigenvalue weighted by Gasteiger charge is -2.28. The Kier molecular flexibility index (Phi) is 23.7. The molecule has 0 spiro atoms. The first kappa shape index (κ1) is 37.0. The number of rotatable bonds is 26. The Bertz CT molecular complexity index is 548. The highest BCUT2D eigenvalue weighted by Gasteiger charge is 2.37. The number of hydrogen-bond acceptors (Lipinski definition) is 4. The number of esters is 2. The van der Waals surface area contributed by atoms with E-state index in [1.54, 1.807) is 0 Å². The maximum absolute atomic E-state index is 12.8. The first-order chi connectivity index (χ1) is 19.4. The minimum absolute atomic E-state index is 0.174. The van der Waals surface area contributed by atoms with Crippen molar-refractivity contribution in [3.05, 3.63) is 0 Å². The lowest BCUT2D eigenvalue weighted by Crippen LogP contribution is -2.35. The van der Waals surface area contributed by atoms with E-state index in [9.17, 15) is 9.59 Å². The third-order valence-electron chi connectivity index (χ3n) is 8.71. The zero-order valence-corrected chi connectivity index (χ0v) is 27.3. The average Bonchev–Trinajstić information content (AvgIpc) is 2.93. The third-order valence-corrected chi connectivity index (χ3v) is 8.71. The van der Waals surface area contributed by atoms with Gasteiger partial charge in [0.15, 0.2) is 0 Å². The van der Waals surface area contributed by atoms with Crippen LogP contribution in [0.25, 0.3) is 0 Å². The van der Waals surface area contributed by atoms with E-state index in [2.05, 4.69) is 27.7 Å². The standard InChI is InChI=1S/C36H68O4/c1-31(2)25-19-15-11-7-5-9-13-17-23-29-39-35(37)33-27-21-22-28-34(33)36(38)40-30-24-18-14-10-6-8-12-16-20-26-32(3)4/h31-34H,5-30H2,1-4H3. The van der Waals surface area contributed by atoms with Crippen molar-refractivity contribution in [1.82, 2.24) is 0 Å². The quantitative estimate of drug-likeness (QED) is 0.0774. The summed E-state index contributed by atoms with van der Waals surface area (Å²) in [6.45, 7) is 10.2. The van der Waals surface area contributed by atoms with Gasteiger partial charge in [-0.25, -0.2) is 0 Å². The molecule has 40 heavy (non-hydrogen) atoms. The highest BCUT2D eigenvalue weighted by atomic mass is 16.5. The van der Waals surface area contributed by atoms with Crippen molar-refractivity contribution in [3.63, 3.8) is 0 Å². The first-order valence-corrected chi connectivity index (χ1v) is 17.7. The van der Waals surface area contributed by atoms with Gasteiger partial charge in [-0.1, -0.05) is 156 Å². The Labute approximate surface area is 249 Å². The summed E-state index contributed by atoms with van der Waals surface area (Å²) in [6.07, 6.45) is 29.0. The molecule has 0 N–H and O–H groups in total. The molecule has 236 valence electrons. The van der Waals surface area contributed by atoms with E-state index in [0.717, 1.165) is 63.2 Å². The molecule has 4 heteroatoms. The molecule has 0 saturated heterocycles. The summed E-state index contributed by atoms with van der Waals surface area (Å²) in [5.74, 6) is 0.704. The Hall–Kier alpha value is -1.06. The molecular formula is C36H68O4. The summed E-state index contributed by atoms with van der Waals surface area (Å²) in [5, 5.41) is 0. The molecule has 1 rings (SSSR count). The van der Waals surface area contributed by atoms with E-state index in [1.165, 1.54) is 103 Å². The maximum Gasteiger partial charge on any atom is 0.309 e. The van der Waals surface area contributed by atoms with Crippen LogP contribution in [0.4, 0.5) is 0 Å². The molecule has 2 atom stereocenters. The van der Waals surface area contributed by atoms with Crippen LogP contribution in [0.2, 0.25) is 0 Å². The van der Waals surface area contributed by atoms with Crippen molar-refractivity contribution in [2.45, 2.75) is 182 Å². The van der Waals surface area contributed by atoms with Crippen LogP contribution < -0.4 is 0 Å². The van der Waals surface area contributed by atoms with Gasteiger partial charge in [-0.15, -0.1) is 0 Å². The van der Waals surface area contributed by atoms with Gasteiger partial charge in [0.05, 0.1) is 25.0 Å². The van der Waals surface area contributed by atoms with Gasteiger partial charge in [0.25, 0.3) is 0 Å². The predicted molar refractivity (Wildman–Crippen MR) is 169 cm³/mol. The van der Waals surface area contributed by atoms with Crippen LogP contribution in [0, 0.1) is 23.7 Å². The second kappa shape index (κ2) is 25.6. The fourth-order valence-corrected chi connectivity index (χ4v) is 6.04. The van der Waals surface area contributed by atoms with E-state index in [-0.39, 0.29) is 23.8 Å². The summed E-state index contributed by atoms with van der Waals surface area (Å²) in [4.78, 5) is 25.5. The molecule has 0 aromatic carbocycles. The van der Waals surface area contributed by atoms with Gasteiger partial charge < -0.3 is 9.47 Å². The topological polar surface area (TPSA) is 52.6 Å². The highest BCUT2D eigenvalue weighted by Crippen LogP contribution is 2.32. The Balaban J connectivity index is 2.04. The van der Waals surface area contributed by atoms with Crippen LogP contribution in [0.5, 0.6) is 0 Å². The van der Waals surface area contributed by atoms with Crippen molar-refractivity contribution < 1.29 is 19.1 Å². The van der Waals surface area contributed by atoms with Crippen LogP contribution >= 0.6 is 0 Å². The molecule has 1 aliphatic carbocycles. The summed E-state index contributed by atoms with van der Waals surface area (Å²) in [6, 6.07) is 0. The van der Waals surface area contributed by atoms with Crippen molar-refractivity contribution in [2.24, 2.45) is 23.7 Å². The number of carbonyl (C=O) groups excluding carboxylic acids is 2. The van der Waals surface area contributed by atoms with Gasteiger partial charge in [0.2, 0.25) is 0 Å². The minimum Gasteiger partial charge on any atom is -0.465 e. The van der Waals surface area contributed by atoms with E-state index >= 15 is 0 Å². The zero-order valence-electron chi connectivity index (χ0n) is 27.3. The largest absolute Gasteiger partial charge is 0.465 e. The van der Waals surface area contributed by atoms with Crippen LogP contribution in [0.1, 0.15) is 182 Å². The molecule has 0 radical (unpaired) electrons. The molecule has 2 unspecified atom stereocenters. The third kappa shape index (κ3) is 20.8. The van der Waals surface area contributed by atoms with Crippen LogP contribution in [-0.2, 0) is 19.1 Å². The SMILES string of the molecule is CC(C)CCCCCCCCCCCOC(=O)C1CCCCC1C(=O)OCCCCCCCCCCCC(C)C. The Morgan fingerprint density at radius 3 is 1.05 bits per heavy atom. The number of hydrogen-bond donors (Lipinski definition) is 0. The van der Waals surface area contributed by atoms with E-state index in [4.69, 9.17) is 9.47 Å². The monoisotopic (exact) mass is 565 g/mol. The van der Waals surface area contributed by atoms with E-state index in [0.29, 0.717) is 13.2 Å². The minimum atomic E-state index is -0.308. The van der Waals surface area contributed by atoms with Crippen molar-refractivity contribution in [1.29, 1.82) is 0 Å². The fraction of sp³-hybridized carbons (Fsp3) is 0.944. The van der Waals surface area contributed by atoms with Gasteiger partial charge in [-0.05, 0) is 37.5 Å². The Morgan fingerprint density at radius 2 is 0.750 bits per heavy atom. The van der Waals surface area contributed by atoms with Crippen molar-refractivity contribution in [2.75, 3.05) is 13.2 Å². The van der Waals surface area contributed by atoms with Gasteiger partial charge >= 0.3 is 11.9 Å². The zero-order chi connectivity index (χ0) is 29.3. The first-order valence-electron chi connectivity index (χ1n) is 17.7. The summed E-state index contributed by atoms with van der Waals surface area (Å²) in [5.41, 5.74) is 0. The molecule has 1 aliphatic rings. The maximum atomic E-state index is 12.8. The summed E-state index contributed by atoms with van der Waals surface area (Å²) >= 11 is 0. The Morgan fingerprint density at radius 1 is 0.475 bits per heavy atom. The number of ether oxygens (including phenoxy) is 2. The normalized spacial score (nSPS) is 17.4. The lowest BCUT2D eigenvalue weighted by atomic mass is 9.79. The molecular weight excluding hydrogens is 496 g/mol. The van der Waals surface area contributed by atoms with Gasteiger partial charge in [0.1, 0.15) is 0 Å². The van der Waals surface area contributed by atoms with Crippen LogP contribution in [-0.4, -0.2) is 25.2 Å². The van der Waals surface area contributed by atoms with Gasteiger partial charge in [-0.2, -0.15) is 0 Å². The van der Waals surface area contributed by atoms with E-state index < -0.39 is 0 Å². The molecule has 1 saturated carbocycles. The summed E-state index contributed by atoms with van der Waals surface area (Å²) < 4.78 is 11.3. The van der Waals surface area contributed by atoms with Crippen LogP contribution in [0.15, 0.2) is 0 Å². The highest BCUT2D eigenvalue weighted by molar-refractivity contribution is 5.82. The van der Waals surface area contributed by atoms with E-state index in [1.807, 2.05) is 0 Å². The molecule has 0 amide bonds. The smallest absolute Gasteiger partial charge is 0.309 e. The molecule has 0 aliphatic heterocycles. The molecule has 0 bridgehead atoms. The second-order valence-electron chi connectivity index (χ2n) is 13.6. The van der Waals surface area contributed by atoms with Crippen molar-refractivity contribution in [3.8, 4) is 0 Å². The average molecular weight is 565 g/mol. The number of unbranched alkanes of at least 4 members (excludes halogenated alkanes) is 16. The molecule has 1 fully saturated rings.